The topological polar surface area (TPSA) is 68.3 Å². The number of fused-ring (bicyclic) bond motifs is 3. The molecule has 36 heavy (non-hydrogen) atoms. The first-order chi connectivity index (χ1) is 17.6. The Morgan fingerprint density at radius 1 is 0.972 bits per heavy atom. The summed E-state index contributed by atoms with van der Waals surface area (Å²) in [6.07, 6.45) is 11.2. The number of piperidine rings is 3. The SMILES string of the molecule is O=C(NCCC[N+]12CCC(CC1)[C@@H](OC(=O)C1(c3ccccc3)CCCCCC1)C2)c1ccccn1. The van der Waals surface area contributed by atoms with Crippen LogP contribution in [0.2, 0.25) is 0 Å². The van der Waals surface area contributed by atoms with Gasteiger partial charge in [0.15, 0.2) is 6.10 Å². The lowest BCUT2D eigenvalue weighted by Gasteiger charge is -2.52. The molecule has 3 aliphatic heterocycles. The van der Waals surface area contributed by atoms with E-state index in [0.29, 0.717) is 18.2 Å². The molecule has 3 saturated heterocycles. The minimum absolute atomic E-state index is 0.00644. The molecule has 1 atom stereocenters. The van der Waals surface area contributed by atoms with Crippen molar-refractivity contribution in [3.63, 3.8) is 0 Å². The molecule has 192 valence electrons. The largest absolute Gasteiger partial charge is 0.455 e. The van der Waals surface area contributed by atoms with E-state index in [4.69, 9.17) is 4.74 Å². The van der Waals surface area contributed by atoms with Crippen LogP contribution in [-0.4, -0.2) is 60.2 Å². The summed E-state index contributed by atoms with van der Waals surface area (Å²) < 4.78 is 7.48. The predicted octanol–water partition coefficient (Wildman–Crippen LogP) is 4.65. The number of nitrogens with zero attached hydrogens (tertiary/aromatic N) is 2. The van der Waals surface area contributed by atoms with Crippen molar-refractivity contribution in [1.29, 1.82) is 0 Å². The third-order valence-electron chi connectivity index (χ3n) is 8.97. The Balaban J connectivity index is 1.20. The molecule has 6 heteroatoms. The summed E-state index contributed by atoms with van der Waals surface area (Å²) in [6, 6.07) is 15.8. The van der Waals surface area contributed by atoms with Gasteiger partial charge in [-0.25, -0.2) is 0 Å². The molecule has 4 aliphatic rings. The fourth-order valence-electron chi connectivity index (χ4n) is 6.82. The van der Waals surface area contributed by atoms with Gasteiger partial charge in [0, 0.05) is 37.9 Å². The van der Waals surface area contributed by atoms with E-state index in [1.165, 1.54) is 12.8 Å². The van der Waals surface area contributed by atoms with Crippen molar-refractivity contribution >= 4 is 11.9 Å². The van der Waals surface area contributed by atoms with Crippen molar-refractivity contribution in [2.24, 2.45) is 5.92 Å². The number of ether oxygens (including phenoxy) is 1. The summed E-state index contributed by atoms with van der Waals surface area (Å²) >= 11 is 0. The lowest BCUT2D eigenvalue weighted by molar-refractivity contribution is -0.946. The highest BCUT2D eigenvalue weighted by atomic mass is 16.5. The predicted molar refractivity (Wildman–Crippen MR) is 139 cm³/mol. The highest BCUT2D eigenvalue weighted by molar-refractivity contribution is 5.92. The number of amides is 1. The molecule has 0 unspecified atom stereocenters. The number of hydrogen-bond donors (Lipinski definition) is 1. The molecule has 2 aromatic rings. The van der Waals surface area contributed by atoms with Crippen LogP contribution in [0.5, 0.6) is 0 Å². The zero-order valence-electron chi connectivity index (χ0n) is 21.4. The normalized spacial score (nSPS) is 27.1. The first kappa shape index (κ1) is 24.9. The van der Waals surface area contributed by atoms with Crippen LogP contribution in [-0.2, 0) is 14.9 Å². The van der Waals surface area contributed by atoms with Gasteiger partial charge in [-0.15, -0.1) is 0 Å². The molecule has 1 aromatic heterocycles. The van der Waals surface area contributed by atoms with Crippen LogP contribution in [0.15, 0.2) is 54.7 Å². The highest BCUT2D eigenvalue weighted by Crippen LogP contribution is 2.42. The zero-order valence-corrected chi connectivity index (χ0v) is 21.4. The number of pyridine rings is 1. The molecule has 6 rings (SSSR count). The lowest BCUT2D eigenvalue weighted by Crippen LogP contribution is -2.65. The third-order valence-corrected chi connectivity index (χ3v) is 8.97. The van der Waals surface area contributed by atoms with Gasteiger partial charge < -0.3 is 14.5 Å². The standard InChI is InChI=1S/C30H39N3O3/c34-28(26-13-6-9-18-31-26)32-19-10-20-33-21-14-24(15-22-33)27(23-33)36-29(35)30(16-7-1-2-8-17-30)25-11-4-3-5-12-25/h3-6,9,11-13,18,24,27H,1-2,7-8,10,14-17,19-23H2/p+1/t24?,27-,33?/m0/s1. The smallest absolute Gasteiger partial charge is 0.317 e. The summed E-state index contributed by atoms with van der Waals surface area (Å²) in [6.45, 7) is 4.86. The van der Waals surface area contributed by atoms with E-state index in [0.717, 1.165) is 81.2 Å². The van der Waals surface area contributed by atoms with Crippen molar-refractivity contribution in [2.75, 3.05) is 32.7 Å². The van der Waals surface area contributed by atoms with Crippen LogP contribution < -0.4 is 5.32 Å². The van der Waals surface area contributed by atoms with E-state index in [1.54, 1.807) is 12.3 Å². The van der Waals surface area contributed by atoms with Gasteiger partial charge in [-0.2, -0.15) is 0 Å². The van der Waals surface area contributed by atoms with E-state index in [-0.39, 0.29) is 18.0 Å². The van der Waals surface area contributed by atoms with E-state index < -0.39 is 5.41 Å². The quantitative estimate of drug-likeness (QED) is 0.253. The number of carbonyl (C=O) groups excluding carboxylic acids is 2. The second kappa shape index (κ2) is 11.1. The number of esters is 1. The van der Waals surface area contributed by atoms with Crippen LogP contribution in [0.4, 0.5) is 0 Å². The molecule has 0 radical (unpaired) electrons. The van der Waals surface area contributed by atoms with Gasteiger partial charge in [-0.3, -0.25) is 14.6 Å². The maximum atomic E-state index is 13.9. The van der Waals surface area contributed by atoms with Gasteiger partial charge >= 0.3 is 5.97 Å². The van der Waals surface area contributed by atoms with E-state index in [9.17, 15) is 9.59 Å². The second-order valence-electron chi connectivity index (χ2n) is 11.2. The first-order valence-corrected chi connectivity index (χ1v) is 13.9. The van der Waals surface area contributed by atoms with Crippen molar-refractivity contribution in [3.8, 4) is 0 Å². The average molecular weight is 491 g/mol. The summed E-state index contributed by atoms with van der Waals surface area (Å²) in [5, 5.41) is 3.01. The van der Waals surface area contributed by atoms with Gasteiger partial charge in [0.2, 0.25) is 0 Å². The van der Waals surface area contributed by atoms with Gasteiger partial charge in [-0.1, -0.05) is 62.1 Å². The number of nitrogens with one attached hydrogen (secondary N) is 1. The molecule has 4 heterocycles. The van der Waals surface area contributed by atoms with E-state index in [2.05, 4.69) is 34.6 Å². The summed E-state index contributed by atoms with van der Waals surface area (Å²) in [4.78, 5) is 30.3. The average Bonchev–Trinajstić information content (AvgIpc) is 3.20. The molecule has 0 spiro atoms. The fraction of sp³-hybridized carbons (Fsp3) is 0.567. The summed E-state index contributed by atoms with van der Waals surface area (Å²) in [5.74, 6) is 0.376. The molecule has 1 amide bonds. The Bertz CT molecular complexity index is 1010. The Kier molecular flexibility index (Phi) is 7.70. The van der Waals surface area contributed by atoms with Crippen molar-refractivity contribution in [2.45, 2.75) is 69.3 Å². The minimum atomic E-state index is -0.496. The number of hydrogen-bond acceptors (Lipinski definition) is 4. The van der Waals surface area contributed by atoms with Crippen LogP contribution in [0.25, 0.3) is 0 Å². The van der Waals surface area contributed by atoms with Crippen LogP contribution in [0.1, 0.15) is 73.8 Å². The molecule has 2 bridgehead atoms. The summed E-state index contributed by atoms with van der Waals surface area (Å²) in [5.41, 5.74) is 1.09. The molecule has 1 saturated carbocycles. The van der Waals surface area contributed by atoms with Crippen LogP contribution in [0.3, 0.4) is 0 Å². The Labute approximate surface area is 215 Å². The van der Waals surface area contributed by atoms with Crippen LogP contribution in [0, 0.1) is 5.92 Å². The molecule has 1 aromatic carbocycles. The number of rotatable bonds is 8. The molecule has 1 N–H and O–H groups in total. The Hall–Kier alpha value is -2.73. The zero-order chi connectivity index (χ0) is 24.8. The van der Waals surface area contributed by atoms with Gasteiger partial charge in [0.05, 0.1) is 25.0 Å². The number of benzene rings is 1. The fourth-order valence-corrected chi connectivity index (χ4v) is 6.82. The van der Waals surface area contributed by atoms with Crippen molar-refractivity contribution < 1.29 is 18.8 Å². The first-order valence-electron chi connectivity index (χ1n) is 13.9. The van der Waals surface area contributed by atoms with Gasteiger partial charge in [0.25, 0.3) is 5.91 Å². The summed E-state index contributed by atoms with van der Waals surface area (Å²) in [7, 11) is 0. The maximum absolute atomic E-state index is 13.9. The monoisotopic (exact) mass is 490 g/mol. The van der Waals surface area contributed by atoms with Gasteiger partial charge in [-0.05, 0) is 30.5 Å². The van der Waals surface area contributed by atoms with E-state index in [1.807, 2.05) is 18.2 Å². The van der Waals surface area contributed by atoms with Crippen molar-refractivity contribution in [3.05, 3.63) is 66.0 Å². The van der Waals surface area contributed by atoms with E-state index >= 15 is 0 Å². The molecular formula is C30H40N3O3+. The molecule has 1 aliphatic carbocycles. The number of quaternary nitrogens is 1. The van der Waals surface area contributed by atoms with Crippen LogP contribution >= 0.6 is 0 Å². The minimum Gasteiger partial charge on any atom is -0.455 e. The molecule has 6 nitrogen and oxygen atoms in total. The maximum Gasteiger partial charge on any atom is 0.317 e. The second-order valence-corrected chi connectivity index (χ2v) is 11.2. The molecular weight excluding hydrogens is 450 g/mol. The Morgan fingerprint density at radius 2 is 1.69 bits per heavy atom. The highest BCUT2D eigenvalue weighted by Gasteiger charge is 2.50. The number of carbonyl (C=O) groups is 2. The number of aromatic nitrogens is 1. The van der Waals surface area contributed by atoms with Crippen molar-refractivity contribution in [1.82, 2.24) is 10.3 Å². The molecule has 4 fully saturated rings. The Morgan fingerprint density at radius 3 is 2.39 bits per heavy atom. The third kappa shape index (κ3) is 5.34. The van der Waals surface area contributed by atoms with Gasteiger partial charge in [0.1, 0.15) is 12.2 Å². The lowest BCUT2D eigenvalue weighted by atomic mass is 9.74.